The predicted octanol–water partition coefficient (Wildman–Crippen LogP) is 4.18. The van der Waals surface area contributed by atoms with Crippen LogP contribution < -0.4 is 5.32 Å². The van der Waals surface area contributed by atoms with E-state index in [0.717, 1.165) is 40.3 Å². The SMILES string of the molecule is CC1=NC2c3c(oc(C(=O)NCc4cccc(F)c4)c3C)CCC2S1. The van der Waals surface area contributed by atoms with Crippen LogP contribution in [-0.4, -0.2) is 16.2 Å². The number of hydrogen-bond acceptors (Lipinski definition) is 4. The molecule has 2 heterocycles. The molecule has 0 spiro atoms. The van der Waals surface area contributed by atoms with E-state index >= 15 is 0 Å². The van der Waals surface area contributed by atoms with Crippen molar-refractivity contribution in [3.63, 3.8) is 0 Å². The average Bonchev–Trinajstić information content (AvgIpc) is 3.12. The van der Waals surface area contributed by atoms with E-state index in [-0.39, 0.29) is 24.3 Å². The third-order valence-corrected chi connectivity index (χ3v) is 6.01. The van der Waals surface area contributed by atoms with E-state index in [1.165, 1.54) is 12.1 Å². The van der Waals surface area contributed by atoms with Crippen molar-refractivity contribution in [1.29, 1.82) is 0 Å². The number of fused-ring (bicyclic) bond motifs is 3. The lowest BCUT2D eigenvalue weighted by Gasteiger charge is -2.22. The molecule has 4 nitrogen and oxygen atoms in total. The number of nitrogens with zero attached hydrogens (tertiary/aromatic N) is 1. The first-order valence-corrected chi connectivity index (χ1v) is 9.26. The predicted molar refractivity (Wildman–Crippen MR) is 96.6 cm³/mol. The van der Waals surface area contributed by atoms with Gasteiger partial charge in [-0.05, 0) is 38.0 Å². The highest BCUT2D eigenvalue weighted by Crippen LogP contribution is 2.47. The van der Waals surface area contributed by atoms with E-state index < -0.39 is 0 Å². The Morgan fingerprint density at radius 1 is 1.44 bits per heavy atom. The number of amides is 1. The monoisotopic (exact) mass is 358 g/mol. The number of nitrogens with one attached hydrogen (secondary N) is 1. The first-order chi connectivity index (χ1) is 12.0. The summed E-state index contributed by atoms with van der Waals surface area (Å²) in [6, 6.07) is 6.31. The van der Waals surface area contributed by atoms with Crippen LogP contribution in [0, 0.1) is 12.7 Å². The second kappa shape index (κ2) is 6.33. The summed E-state index contributed by atoms with van der Waals surface area (Å²) < 4.78 is 19.1. The third kappa shape index (κ3) is 2.99. The van der Waals surface area contributed by atoms with Gasteiger partial charge in [0.05, 0.1) is 11.1 Å². The Bertz CT molecular complexity index is 874. The summed E-state index contributed by atoms with van der Waals surface area (Å²) in [6.07, 6.45) is 1.85. The number of hydrogen-bond donors (Lipinski definition) is 1. The highest BCUT2D eigenvalue weighted by atomic mass is 32.2. The van der Waals surface area contributed by atoms with Gasteiger partial charge in [0.25, 0.3) is 5.91 Å². The minimum Gasteiger partial charge on any atom is -0.455 e. The van der Waals surface area contributed by atoms with E-state index in [9.17, 15) is 9.18 Å². The van der Waals surface area contributed by atoms with Gasteiger partial charge in [-0.15, -0.1) is 11.8 Å². The fourth-order valence-corrected chi connectivity index (χ4v) is 4.79. The molecule has 1 aromatic carbocycles. The number of halogens is 1. The molecule has 1 aliphatic heterocycles. The lowest BCUT2D eigenvalue weighted by molar-refractivity contribution is 0.0920. The highest BCUT2D eigenvalue weighted by Gasteiger charge is 2.39. The molecule has 2 unspecified atom stereocenters. The van der Waals surface area contributed by atoms with Crippen LogP contribution in [0.3, 0.4) is 0 Å². The molecular formula is C19H19FN2O2S. The van der Waals surface area contributed by atoms with Gasteiger partial charge in [0.15, 0.2) is 5.76 Å². The normalized spacial score (nSPS) is 21.5. The summed E-state index contributed by atoms with van der Waals surface area (Å²) in [5.41, 5.74) is 2.67. The van der Waals surface area contributed by atoms with Crippen molar-refractivity contribution < 1.29 is 13.6 Å². The number of aryl methyl sites for hydroxylation is 1. The summed E-state index contributed by atoms with van der Waals surface area (Å²) in [6.45, 7) is 4.22. The van der Waals surface area contributed by atoms with Gasteiger partial charge in [-0.1, -0.05) is 12.1 Å². The van der Waals surface area contributed by atoms with Gasteiger partial charge in [-0.2, -0.15) is 0 Å². The Morgan fingerprint density at radius 2 is 2.28 bits per heavy atom. The second-order valence-electron chi connectivity index (χ2n) is 6.49. The average molecular weight is 358 g/mol. The minimum absolute atomic E-state index is 0.0993. The summed E-state index contributed by atoms with van der Waals surface area (Å²) in [4.78, 5) is 17.3. The Kier molecular flexibility index (Phi) is 4.15. The second-order valence-corrected chi connectivity index (χ2v) is 7.93. The molecule has 25 heavy (non-hydrogen) atoms. The molecule has 130 valence electrons. The van der Waals surface area contributed by atoms with Crippen molar-refractivity contribution in [1.82, 2.24) is 5.32 Å². The molecular weight excluding hydrogens is 339 g/mol. The van der Waals surface area contributed by atoms with Crippen molar-refractivity contribution in [2.45, 2.75) is 44.5 Å². The van der Waals surface area contributed by atoms with Gasteiger partial charge in [-0.25, -0.2) is 4.39 Å². The number of furan rings is 1. The van der Waals surface area contributed by atoms with Crippen molar-refractivity contribution in [2.24, 2.45) is 4.99 Å². The molecule has 6 heteroatoms. The highest BCUT2D eigenvalue weighted by molar-refractivity contribution is 8.14. The van der Waals surface area contributed by atoms with Crippen LogP contribution in [0.5, 0.6) is 0 Å². The lowest BCUT2D eigenvalue weighted by Crippen LogP contribution is -2.23. The maximum Gasteiger partial charge on any atom is 0.287 e. The van der Waals surface area contributed by atoms with Crippen LogP contribution >= 0.6 is 11.8 Å². The van der Waals surface area contributed by atoms with Gasteiger partial charge < -0.3 is 9.73 Å². The summed E-state index contributed by atoms with van der Waals surface area (Å²) in [7, 11) is 0. The minimum atomic E-state index is -0.311. The van der Waals surface area contributed by atoms with Crippen LogP contribution in [-0.2, 0) is 13.0 Å². The Hall–Kier alpha value is -2.08. The Labute approximate surface area is 149 Å². The maximum absolute atomic E-state index is 13.2. The largest absolute Gasteiger partial charge is 0.455 e. The van der Waals surface area contributed by atoms with Crippen molar-refractivity contribution >= 4 is 22.7 Å². The first kappa shape index (κ1) is 16.4. The van der Waals surface area contributed by atoms with E-state index in [4.69, 9.17) is 9.41 Å². The molecule has 0 bridgehead atoms. The zero-order valence-corrected chi connectivity index (χ0v) is 15.0. The molecule has 1 aromatic heterocycles. The van der Waals surface area contributed by atoms with Crippen molar-refractivity contribution in [3.05, 3.63) is 58.3 Å². The number of rotatable bonds is 3. The molecule has 2 aliphatic rings. The maximum atomic E-state index is 13.2. The molecule has 0 saturated heterocycles. The molecule has 1 aliphatic carbocycles. The quantitative estimate of drug-likeness (QED) is 0.896. The first-order valence-electron chi connectivity index (χ1n) is 8.39. The van der Waals surface area contributed by atoms with Crippen molar-refractivity contribution in [2.75, 3.05) is 0 Å². The van der Waals surface area contributed by atoms with Crippen LogP contribution in [0.15, 0.2) is 33.7 Å². The van der Waals surface area contributed by atoms with Gasteiger partial charge >= 0.3 is 0 Å². The molecule has 1 amide bonds. The standard InChI is InChI=1S/C19H19FN2O2S/c1-10-16-14(6-7-15-17(16)22-11(2)25-15)24-18(10)19(23)21-9-12-4-3-5-13(20)8-12/h3-5,8,15,17H,6-7,9H2,1-2H3,(H,21,23). The number of thioether (sulfide) groups is 1. The van der Waals surface area contributed by atoms with Crippen LogP contribution in [0.2, 0.25) is 0 Å². The molecule has 2 aromatic rings. The van der Waals surface area contributed by atoms with Crippen LogP contribution in [0.4, 0.5) is 4.39 Å². The molecule has 2 atom stereocenters. The zero-order valence-electron chi connectivity index (χ0n) is 14.1. The fourth-order valence-electron chi connectivity index (χ4n) is 3.62. The fraction of sp³-hybridized carbons (Fsp3) is 0.368. The Morgan fingerprint density at radius 3 is 3.08 bits per heavy atom. The Balaban J connectivity index is 1.55. The lowest BCUT2D eigenvalue weighted by atomic mass is 9.90. The van der Waals surface area contributed by atoms with Gasteiger partial charge in [-0.3, -0.25) is 9.79 Å². The summed E-state index contributed by atoms with van der Waals surface area (Å²) in [5.74, 6) is 0.661. The molecule has 0 fully saturated rings. The third-order valence-electron chi connectivity index (χ3n) is 4.77. The van der Waals surface area contributed by atoms with E-state index in [1.54, 1.807) is 12.1 Å². The van der Waals surface area contributed by atoms with Crippen LogP contribution in [0.25, 0.3) is 0 Å². The molecule has 1 N–H and O–H groups in total. The molecule has 0 saturated carbocycles. The number of benzene rings is 1. The zero-order chi connectivity index (χ0) is 17.6. The van der Waals surface area contributed by atoms with E-state index in [1.807, 2.05) is 25.6 Å². The smallest absolute Gasteiger partial charge is 0.287 e. The molecule has 0 radical (unpaired) electrons. The summed E-state index contributed by atoms with van der Waals surface area (Å²) in [5, 5.41) is 4.37. The number of carbonyl (C=O) groups is 1. The van der Waals surface area contributed by atoms with Crippen LogP contribution in [0.1, 0.15) is 52.4 Å². The van der Waals surface area contributed by atoms with Crippen molar-refractivity contribution in [3.8, 4) is 0 Å². The number of carbonyl (C=O) groups excluding carboxylic acids is 1. The molecule has 4 rings (SSSR count). The van der Waals surface area contributed by atoms with E-state index in [0.29, 0.717) is 11.0 Å². The van der Waals surface area contributed by atoms with Gasteiger partial charge in [0.2, 0.25) is 0 Å². The summed E-state index contributed by atoms with van der Waals surface area (Å²) >= 11 is 1.82. The van der Waals surface area contributed by atoms with E-state index in [2.05, 4.69) is 5.32 Å². The van der Waals surface area contributed by atoms with Gasteiger partial charge in [0, 0.05) is 29.3 Å². The van der Waals surface area contributed by atoms with Gasteiger partial charge in [0.1, 0.15) is 11.6 Å². The number of aliphatic imine (C=N–C) groups is 1. The topological polar surface area (TPSA) is 54.6 Å².